The Morgan fingerprint density at radius 2 is 1.71 bits per heavy atom. The molecule has 0 aromatic heterocycles. The molecule has 0 saturated heterocycles. The molecule has 2 amide bonds. The van der Waals surface area contributed by atoms with Crippen molar-refractivity contribution in [3.63, 3.8) is 0 Å². The summed E-state index contributed by atoms with van der Waals surface area (Å²) in [6.45, 7) is 3.76. The van der Waals surface area contributed by atoms with Crippen molar-refractivity contribution in [3.8, 4) is 0 Å². The molecule has 0 fully saturated rings. The van der Waals surface area contributed by atoms with Crippen molar-refractivity contribution in [3.05, 3.63) is 0 Å². The zero-order valence-corrected chi connectivity index (χ0v) is 12.6. The summed E-state index contributed by atoms with van der Waals surface area (Å²) in [5.41, 5.74) is 10.6. The second-order valence-corrected chi connectivity index (χ2v) is 5.18. The highest BCUT2D eigenvalue weighted by Crippen LogP contribution is 2.05. The Morgan fingerprint density at radius 3 is 2.14 bits per heavy atom. The number of unbranched alkanes of at least 4 members (excludes halogenated alkanes) is 1. The number of amides is 2. The number of hydrogen-bond donors (Lipinski definition) is 5. The Morgan fingerprint density at radius 1 is 1.10 bits per heavy atom. The second kappa shape index (κ2) is 10.1. The van der Waals surface area contributed by atoms with Crippen LogP contribution in [0.25, 0.3) is 0 Å². The maximum atomic E-state index is 12.1. The van der Waals surface area contributed by atoms with Gasteiger partial charge >= 0.3 is 5.97 Å². The van der Waals surface area contributed by atoms with Crippen molar-refractivity contribution in [2.75, 3.05) is 13.1 Å². The number of carbonyl (C=O) groups excluding carboxylic acids is 2. The highest BCUT2D eigenvalue weighted by molar-refractivity contribution is 5.90. The van der Waals surface area contributed by atoms with Gasteiger partial charge in [0, 0.05) is 0 Å². The molecule has 8 nitrogen and oxygen atoms in total. The van der Waals surface area contributed by atoms with Gasteiger partial charge < -0.3 is 27.2 Å². The maximum Gasteiger partial charge on any atom is 0.326 e. The Labute approximate surface area is 124 Å². The number of rotatable bonds is 10. The van der Waals surface area contributed by atoms with Gasteiger partial charge in [0.05, 0.1) is 6.54 Å². The average molecular weight is 302 g/mol. The van der Waals surface area contributed by atoms with Gasteiger partial charge in [0.1, 0.15) is 12.1 Å². The molecule has 0 rings (SSSR count). The third-order valence-corrected chi connectivity index (χ3v) is 3.01. The smallest absolute Gasteiger partial charge is 0.326 e. The van der Waals surface area contributed by atoms with Crippen LogP contribution in [0.1, 0.15) is 33.1 Å². The van der Waals surface area contributed by atoms with E-state index in [4.69, 9.17) is 16.6 Å². The van der Waals surface area contributed by atoms with Crippen LogP contribution >= 0.6 is 0 Å². The van der Waals surface area contributed by atoms with E-state index in [1.807, 2.05) is 0 Å². The maximum absolute atomic E-state index is 12.1. The molecule has 0 aliphatic rings. The quantitative estimate of drug-likeness (QED) is 0.320. The number of carboxylic acids is 1. The fourth-order valence-corrected chi connectivity index (χ4v) is 1.78. The van der Waals surface area contributed by atoms with Crippen LogP contribution in [-0.4, -0.2) is 48.1 Å². The van der Waals surface area contributed by atoms with Crippen molar-refractivity contribution in [2.45, 2.75) is 45.2 Å². The molecular formula is C13H26N4O4. The van der Waals surface area contributed by atoms with E-state index >= 15 is 0 Å². The highest BCUT2D eigenvalue weighted by Gasteiger charge is 2.27. The van der Waals surface area contributed by atoms with Gasteiger partial charge in [-0.1, -0.05) is 13.8 Å². The van der Waals surface area contributed by atoms with E-state index in [2.05, 4.69) is 10.6 Å². The number of aliphatic carboxylic acids is 1. The number of carboxylic acid groups (broad SMARTS) is 1. The number of nitrogens with one attached hydrogen (secondary N) is 2. The summed E-state index contributed by atoms with van der Waals surface area (Å²) in [6, 6.07) is -1.79. The third-order valence-electron chi connectivity index (χ3n) is 3.01. The molecule has 0 radical (unpaired) electrons. The molecule has 0 aromatic carbocycles. The minimum Gasteiger partial charge on any atom is -0.480 e. The van der Waals surface area contributed by atoms with Crippen LogP contribution in [0.15, 0.2) is 0 Å². The lowest BCUT2D eigenvalue weighted by atomic mass is 10.0. The van der Waals surface area contributed by atoms with Crippen LogP contribution in [0, 0.1) is 5.92 Å². The lowest BCUT2D eigenvalue weighted by Crippen LogP contribution is -2.54. The van der Waals surface area contributed by atoms with Crippen molar-refractivity contribution in [1.82, 2.24) is 10.6 Å². The van der Waals surface area contributed by atoms with Crippen LogP contribution in [0.4, 0.5) is 0 Å². The summed E-state index contributed by atoms with van der Waals surface area (Å²) in [7, 11) is 0. The second-order valence-electron chi connectivity index (χ2n) is 5.18. The zero-order chi connectivity index (χ0) is 16.4. The number of hydrogen-bond acceptors (Lipinski definition) is 5. The van der Waals surface area contributed by atoms with Crippen LogP contribution in [-0.2, 0) is 14.4 Å². The van der Waals surface area contributed by atoms with Gasteiger partial charge in [-0.3, -0.25) is 9.59 Å². The van der Waals surface area contributed by atoms with E-state index in [-0.39, 0.29) is 12.5 Å². The highest BCUT2D eigenvalue weighted by atomic mass is 16.4. The SMILES string of the molecule is CC(C)[C@H](NC(=O)CN)C(=O)N[C@@H](CCCCN)C(=O)O. The molecule has 0 aliphatic carbocycles. The van der Waals surface area contributed by atoms with Crippen LogP contribution < -0.4 is 22.1 Å². The summed E-state index contributed by atoms with van der Waals surface area (Å²) in [4.78, 5) is 34.6. The van der Waals surface area contributed by atoms with E-state index in [1.165, 1.54) is 0 Å². The largest absolute Gasteiger partial charge is 0.480 e. The fourth-order valence-electron chi connectivity index (χ4n) is 1.78. The van der Waals surface area contributed by atoms with Gasteiger partial charge in [-0.2, -0.15) is 0 Å². The molecule has 8 heteroatoms. The summed E-state index contributed by atoms with van der Waals surface area (Å²) >= 11 is 0. The minimum absolute atomic E-state index is 0.181. The van der Waals surface area contributed by atoms with Gasteiger partial charge in [-0.25, -0.2) is 4.79 Å². The molecule has 122 valence electrons. The normalized spacial score (nSPS) is 13.6. The first kappa shape index (κ1) is 19.3. The standard InChI is InChI=1S/C13H26N4O4/c1-8(2)11(17-10(18)7-15)12(19)16-9(13(20)21)5-3-4-6-14/h8-9,11H,3-7,14-15H2,1-2H3,(H,16,19)(H,17,18)(H,20,21)/t9-,11-/m0/s1. The lowest BCUT2D eigenvalue weighted by molar-refractivity contribution is -0.142. The van der Waals surface area contributed by atoms with Crippen LogP contribution in [0.3, 0.4) is 0 Å². The molecule has 2 atom stereocenters. The topological polar surface area (TPSA) is 148 Å². The van der Waals surface area contributed by atoms with Gasteiger partial charge in [-0.15, -0.1) is 0 Å². The van der Waals surface area contributed by atoms with E-state index in [0.717, 1.165) is 0 Å². The number of carbonyl (C=O) groups is 3. The summed E-state index contributed by atoms with van der Waals surface area (Å²) in [6.07, 6.45) is 1.60. The van der Waals surface area contributed by atoms with Gasteiger partial charge in [0.25, 0.3) is 0 Å². The first-order valence-corrected chi connectivity index (χ1v) is 7.06. The Hall–Kier alpha value is -1.67. The van der Waals surface area contributed by atoms with E-state index in [0.29, 0.717) is 25.8 Å². The predicted molar refractivity (Wildman–Crippen MR) is 78.3 cm³/mol. The van der Waals surface area contributed by atoms with Crippen LogP contribution in [0.2, 0.25) is 0 Å². The molecule has 0 heterocycles. The minimum atomic E-state index is -1.10. The van der Waals surface area contributed by atoms with Gasteiger partial charge in [0.15, 0.2) is 0 Å². The van der Waals surface area contributed by atoms with E-state index in [1.54, 1.807) is 13.8 Å². The van der Waals surface area contributed by atoms with E-state index in [9.17, 15) is 14.4 Å². The molecular weight excluding hydrogens is 276 g/mol. The Kier molecular flexibility index (Phi) is 9.31. The molecule has 0 saturated carbocycles. The Balaban J connectivity index is 4.67. The monoisotopic (exact) mass is 302 g/mol. The predicted octanol–water partition coefficient (Wildman–Crippen LogP) is -1.22. The zero-order valence-electron chi connectivity index (χ0n) is 12.6. The molecule has 0 unspecified atom stereocenters. The lowest BCUT2D eigenvalue weighted by Gasteiger charge is -2.23. The van der Waals surface area contributed by atoms with Crippen molar-refractivity contribution < 1.29 is 19.5 Å². The molecule has 0 bridgehead atoms. The van der Waals surface area contributed by atoms with Crippen LogP contribution in [0.5, 0.6) is 0 Å². The fraction of sp³-hybridized carbons (Fsp3) is 0.769. The van der Waals surface area contributed by atoms with Gasteiger partial charge in [0.2, 0.25) is 11.8 Å². The molecule has 7 N–H and O–H groups in total. The van der Waals surface area contributed by atoms with Crippen molar-refractivity contribution >= 4 is 17.8 Å². The van der Waals surface area contributed by atoms with Gasteiger partial charge in [-0.05, 0) is 31.7 Å². The third kappa shape index (κ3) is 7.62. The summed E-state index contributed by atoms with van der Waals surface area (Å²) in [5.74, 6) is -2.27. The van der Waals surface area contributed by atoms with Crippen molar-refractivity contribution in [1.29, 1.82) is 0 Å². The summed E-state index contributed by atoms with van der Waals surface area (Å²) in [5, 5.41) is 14.1. The average Bonchev–Trinajstić information content (AvgIpc) is 2.42. The molecule has 0 aliphatic heterocycles. The first-order chi connectivity index (χ1) is 9.83. The number of nitrogens with two attached hydrogens (primary N) is 2. The molecule has 0 spiro atoms. The first-order valence-electron chi connectivity index (χ1n) is 7.06. The Bertz CT molecular complexity index is 360. The molecule has 0 aromatic rings. The molecule has 21 heavy (non-hydrogen) atoms. The van der Waals surface area contributed by atoms with E-state index < -0.39 is 29.9 Å². The summed E-state index contributed by atoms with van der Waals surface area (Å²) < 4.78 is 0. The van der Waals surface area contributed by atoms with Crippen molar-refractivity contribution in [2.24, 2.45) is 17.4 Å².